The lowest BCUT2D eigenvalue weighted by atomic mass is 9.97. The predicted molar refractivity (Wildman–Crippen MR) is 234 cm³/mol. The van der Waals surface area contributed by atoms with Crippen LogP contribution in [0.15, 0.2) is 200 Å². The summed E-state index contributed by atoms with van der Waals surface area (Å²) in [5.74, 6) is 0.696. The SMILES string of the molecule is c1ccc(-c2ccc(-c3nc(-c4cccc(-c5ccc(-c6nc7ccccc7c7c6ccn6cc(-c8ccccc8)nc76)cc5)c4)nc4ccccc34)cc2)cc1. The summed E-state index contributed by atoms with van der Waals surface area (Å²) < 4.78 is 2.13. The molecule has 0 aliphatic heterocycles. The second-order valence-corrected chi connectivity index (χ2v) is 14.3. The summed E-state index contributed by atoms with van der Waals surface area (Å²) in [4.78, 5) is 20.6. The molecule has 4 heterocycles. The van der Waals surface area contributed by atoms with E-state index in [2.05, 4.69) is 175 Å². The molecule has 5 nitrogen and oxygen atoms in total. The van der Waals surface area contributed by atoms with E-state index >= 15 is 0 Å². The average Bonchev–Trinajstić information content (AvgIpc) is 3.74. The molecular formula is C52H33N5. The van der Waals surface area contributed by atoms with Crippen LogP contribution in [0, 0.1) is 0 Å². The standard InChI is InChI=1S/C52H33N5/c1-3-12-34(13-4-1)35-22-26-38(27-23-35)49-43-19-8-10-21-46(43)54-51(56-49)41-17-11-16-40(32-41)36-24-28-39(29-25-36)50-44-30-31-57-33-47(37-14-5-2-6-15-37)55-52(57)48(44)42-18-7-9-20-45(42)53-50/h1-33H. The first-order chi connectivity index (χ1) is 28.2. The zero-order valence-electron chi connectivity index (χ0n) is 30.8. The molecule has 0 spiro atoms. The molecule has 0 radical (unpaired) electrons. The fraction of sp³-hybridized carbons (Fsp3) is 0. The average molecular weight is 728 g/mol. The molecule has 0 amide bonds. The second kappa shape index (κ2) is 13.5. The summed E-state index contributed by atoms with van der Waals surface area (Å²) in [5, 5.41) is 4.28. The van der Waals surface area contributed by atoms with Crippen LogP contribution < -0.4 is 0 Å². The lowest BCUT2D eigenvalue weighted by Gasteiger charge is -2.12. The zero-order chi connectivity index (χ0) is 37.7. The topological polar surface area (TPSA) is 56.0 Å². The molecule has 7 aromatic carbocycles. The summed E-state index contributed by atoms with van der Waals surface area (Å²) in [6.45, 7) is 0. The van der Waals surface area contributed by atoms with E-state index in [1.165, 1.54) is 11.1 Å². The van der Waals surface area contributed by atoms with Crippen molar-refractivity contribution in [3.05, 3.63) is 200 Å². The second-order valence-electron chi connectivity index (χ2n) is 14.3. The van der Waals surface area contributed by atoms with E-state index in [0.29, 0.717) is 5.82 Å². The highest BCUT2D eigenvalue weighted by Gasteiger charge is 2.17. The molecular weight excluding hydrogens is 695 g/mol. The Kier molecular flexibility index (Phi) is 7.74. The van der Waals surface area contributed by atoms with Gasteiger partial charge in [-0.3, -0.25) is 0 Å². The van der Waals surface area contributed by atoms with Crippen molar-refractivity contribution >= 4 is 38.2 Å². The quantitative estimate of drug-likeness (QED) is 0.160. The van der Waals surface area contributed by atoms with Crippen molar-refractivity contribution in [3.8, 4) is 67.4 Å². The molecule has 266 valence electrons. The summed E-state index contributed by atoms with van der Waals surface area (Å²) in [6, 6.07) is 65.4. The Morgan fingerprint density at radius 3 is 1.58 bits per heavy atom. The number of benzene rings is 7. The van der Waals surface area contributed by atoms with Crippen molar-refractivity contribution in [1.82, 2.24) is 24.3 Å². The normalized spacial score (nSPS) is 11.5. The number of hydrogen-bond acceptors (Lipinski definition) is 4. The Hall–Kier alpha value is -7.76. The van der Waals surface area contributed by atoms with Gasteiger partial charge in [0.05, 0.1) is 28.1 Å². The number of para-hydroxylation sites is 2. The molecule has 0 aliphatic rings. The van der Waals surface area contributed by atoms with Gasteiger partial charge in [0.1, 0.15) is 5.65 Å². The van der Waals surface area contributed by atoms with E-state index in [0.717, 1.165) is 88.7 Å². The van der Waals surface area contributed by atoms with Crippen molar-refractivity contribution < 1.29 is 0 Å². The Morgan fingerprint density at radius 1 is 0.333 bits per heavy atom. The third kappa shape index (κ3) is 5.81. The van der Waals surface area contributed by atoms with Gasteiger partial charge < -0.3 is 4.40 Å². The number of imidazole rings is 1. The predicted octanol–water partition coefficient (Wildman–Crippen LogP) is 13.0. The Labute approximate surface area is 329 Å². The van der Waals surface area contributed by atoms with Crippen LogP contribution in [0.3, 0.4) is 0 Å². The maximum absolute atomic E-state index is 5.23. The Balaban J connectivity index is 0.966. The molecule has 0 aliphatic carbocycles. The molecule has 0 atom stereocenters. The van der Waals surface area contributed by atoms with Gasteiger partial charge in [-0.05, 0) is 46.5 Å². The van der Waals surface area contributed by atoms with Gasteiger partial charge in [-0.25, -0.2) is 19.9 Å². The number of aromatic nitrogens is 5. The molecule has 5 heteroatoms. The molecule has 0 unspecified atom stereocenters. The minimum atomic E-state index is 0.696. The van der Waals surface area contributed by atoms with Gasteiger partial charge in [-0.2, -0.15) is 0 Å². The lowest BCUT2D eigenvalue weighted by Crippen LogP contribution is -1.95. The van der Waals surface area contributed by atoms with Crippen LogP contribution in [0.25, 0.3) is 106 Å². The largest absolute Gasteiger partial charge is 0.306 e. The summed E-state index contributed by atoms with van der Waals surface area (Å²) >= 11 is 0. The number of rotatable bonds is 6. The van der Waals surface area contributed by atoms with Gasteiger partial charge in [-0.1, -0.05) is 164 Å². The highest BCUT2D eigenvalue weighted by molar-refractivity contribution is 6.16. The smallest absolute Gasteiger partial charge is 0.160 e. The van der Waals surface area contributed by atoms with E-state index in [-0.39, 0.29) is 0 Å². The summed E-state index contributed by atoms with van der Waals surface area (Å²) in [7, 11) is 0. The van der Waals surface area contributed by atoms with E-state index in [1.54, 1.807) is 0 Å². The summed E-state index contributed by atoms with van der Waals surface area (Å²) in [5.41, 5.74) is 14.3. The molecule has 0 bridgehead atoms. The van der Waals surface area contributed by atoms with Crippen molar-refractivity contribution in [2.24, 2.45) is 0 Å². The van der Waals surface area contributed by atoms with Crippen molar-refractivity contribution in [3.63, 3.8) is 0 Å². The third-order valence-electron chi connectivity index (χ3n) is 10.8. The first kappa shape index (κ1) is 32.7. The zero-order valence-corrected chi connectivity index (χ0v) is 30.8. The summed E-state index contributed by atoms with van der Waals surface area (Å²) in [6.07, 6.45) is 4.20. The molecule has 4 aromatic heterocycles. The molecule has 11 aromatic rings. The van der Waals surface area contributed by atoms with Gasteiger partial charge in [0.15, 0.2) is 5.82 Å². The number of fused-ring (bicyclic) bond motifs is 6. The van der Waals surface area contributed by atoms with Crippen LogP contribution in [-0.2, 0) is 0 Å². The van der Waals surface area contributed by atoms with E-state index < -0.39 is 0 Å². The van der Waals surface area contributed by atoms with Crippen LogP contribution >= 0.6 is 0 Å². The maximum Gasteiger partial charge on any atom is 0.160 e. The number of pyridine rings is 2. The van der Waals surface area contributed by atoms with Gasteiger partial charge in [0.25, 0.3) is 0 Å². The molecule has 0 N–H and O–H groups in total. The molecule has 57 heavy (non-hydrogen) atoms. The van der Waals surface area contributed by atoms with Gasteiger partial charge in [0.2, 0.25) is 0 Å². The van der Waals surface area contributed by atoms with Crippen molar-refractivity contribution in [2.75, 3.05) is 0 Å². The molecule has 11 rings (SSSR count). The molecule has 0 fully saturated rings. The van der Waals surface area contributed by atoms with Gasteiger partial charge in [-0.15, -0.1) is 0 Å². The molecule has 0 saturated heterocycles. The minimum Gasteiger partial charge on any atom is -0.306 e. The highest BCUT2D eigenvalue weighted by Crippen LogP contribution is 2.37. The first-order valence-electron chi connectivity index (χ1n) is 19.1. The third-order valence-corrected chi connectivity index (χ3v) is 10.8. The number of hydrogen-bond donors (Lipinski definition) is 0. The van der Waals surface area contributed by atoms with Crippen LogP contribution in [0.5, 0.6) is 0 Å². The Bertz CT molecular complexity index is 3260. The van der Waals surface area contributed by atoms with Crippen molar-refractivity contribution in [2.45, 2.75) is 0 Å². The monoisotopic (exact) mass is 727 g/mol. The van der Waals surface area contributed by atoms with Crippen LogP contribution in [0.1, 0.15) is 0 Å². The first-order valence-corrected chi connectivity index (χ1v) is 19.1. The fourth-order valence-corrected chi connectivity index (χ4v) is 7.98. The van der Waals surface area contributed by atoms with Gasteiger partial charge in [0, 0.05) is 56.2 Å². The minimum absolute atomic E-state index is 0.696. The van der Waals surface area contributed by atoms with Crippen LogP contribution in [-0.4, -0.2) is 24.3 Å². The fourth-order valence-electron chi connectivity index (χ4n) is 7.98. The van der Waals surface area contributed by atoms with E-state index in [1.807, 2.05) is 30.3 Å². The Morgan fingerprint density at radius 2 is 0.860 bits per heavy atom. The van der Waals surface area contributed by atoms with Gasteiger partial charge >= 0.3 is 0 Å². The lowest BCUT2D eigenvalue weighted by molar-refractivity contribution is 1.20. The van der Waals surface area contributed by atoms with E-state index in [4.69, 9.17) is 19.9 Å². The maximum atomic E-state index is 5.23. The highest BCUT2D eigenvalue weighted by atomic mass is 15.0. The van der Waals surface area contributed by atoms with E-state index in [9.17, 15) is 0 Å². The van der Waals surface area contributed by atoms with Crippen molar-refractivity contribution in [1.29, 1.82) is 0 Å². The van der Waals surface area contributed by atoms with Crippen LogP contribution in [0.4, 0.5) is 0 Å². The molecule has 0 saturated carbocycles. The van der Waals surface area contributed by atoms with Crippen LogP contribution in [0.2, 0.25) is 0 Å². The number of nitrogens with zero attached hydrogens (tertiary/aromatic N) is 5.